The first-order valence-corrected chi connectivity index (χ1v) is 10.6. The number of carbonyl (C=O) groups excluding carboxylic acids is 1. The van der Waals surface area contributed by atoms with Gasteiger partial charge in [0.05, 0.1) is 18.0 Å². The molecule has 1 amide bonds. The first-order chi connectivity index (χ1) is 12.7. The summed E-state index contributed by atoms with van der Waals surface area (Å²) in [6.45, 7) is 5.66. The summed E-state index contributed by atoms with van der Waals surface area (Å²) in [6, 6.07) is 15.0. The third-order valence-electron chi connectivity index (χ3n) is 4.01. The van der Waals surface area contributed by atoms with Crippen molar-refractivity contribution >= 4 is 21.6 Å². The van der Waals surface area contributed by atoms with Gasteiger partial charge in [-0.25, -0.2) is 8.42 Å². The van der Waals surface area contributed by atoms with Gasteiger partial charge in [-0.15, -0.1) is 0 Å². The summed E-state index contributed by atoms with van der Waals surface area (Å²) in [5.41, 5.74) is 1.59. The minimum Gasteiger partial charge on any atom is -0.491 e. The third-order valence-corrected chi connectivity index (χ3v) is 5.25. The van der Waals surface area contributed by atoms with Crippen LogP contribution in [-0.2, 0) is 14.8 Å². The molecule has 2 atom stereocenters. The summed E-state index contributed by atoms with van der Waals surface area (Å²) in [4.78, 5) is 12.6. The zero-order chi connectivity index (χ0) is 20.0. The SMILES string of the molecule is Cc1ccc(OC[C@H](C)NC(=O)[C@@H](C)N(c2ccccc2)S(C)(=O)=O)cc1. The standard InChI is InChI=1S/C20H26N2O4S/c1-15-10-12-19(13-11-15)26-14-16(2)21-20(23)17(3)22(27(4,24)25)18-8-6-5-7-9-18/h5-13,16-17H,14H2,1-4H3,(H,21,23)/t16-,17+/m0/s1. The number of aryl methyl sites for hydroxylation is 1. The second-order valence-electron chi connectivity index (χ2n) is 6.60. The minimum atomic E-state index is -3.62. The molecule has 0 fully saturated rings. The molecule has 0 saturated heterocycles. The van der Waals surface area contributed by atoms with Crippen LogP contribution >= 0.6 is 0 Å². The predicted octanol–water partition coefficient (Wildman–Crippen LogP) is 2.73. The molecule has 0 bridgehead atoms. The van der Waals surface area contributed by atoms with E-state index in [0.29, 0.717) is 5.69 Å². The fraction of sp³-hybridized carbons (Fsp3) is 0.350. The summed E-state index contributed by atoms with van der Waals surface area (Å²) >= 11 is 0. The Balaban J connectivity index is 2.01. The monoisotopic (exact) mass is 390 g/mol. The fourth-order valence-corrected chi connectivity index (χ4v) is 3.82. The molecule has 2 aromatic carbocycles. The third kappa shape index (κ3) is 5.99. The van der Waals surface area contributed by atoms with Gasteiger partial charge in [0, 0.05) is 0 Å². The van der Waals surface area contributed by atoms with E-state index in [4.69, 9.17) is 4.74 Å². The van der Waals surface area contributed by atoms with E-state index < -0.39 is 16.1 Å². The molecule has 0 aliphatic carbocycles. The Hall–Kier alpha value is -2.54. The van der Waals surface area contributed by atoms with Gasteiger partial charge in [0.1, 0.15) is 18.4 Å². The highest BCUT2D eigenvalue weighted by Gasteiger charge is 2.29. The van der Waals surface area contributed by atoms with Crippen LogP contribution in [0.2, 0.25) is 0 Å². The Bertz CT molecular complexity index is 851. The normalized spacial score (nSPS) is 13.5. The molecule has 0 spiro atoms. The molecular formula is C20H26N2O4S. The van der Waals surface area contributed by atoms with E-state index in [1.54, 1.807) is 37.3 Å². The van der Waals surface area contributed by atoms with Crippen LogP contribution in [0.4, 0.5) is 5.69 Å². The Morgan fingerprint density at radius 1 is 1.07 bits per heavy atom. The molecule has 2 rings (SSSR count). The number of benzene rings is 2. The summed E-state index contributed by atoms with van der Waals surface area (Å²) in [5, 5.41) is 2.81. The molecule has 0 aromatic heterocycles. The zero-order valence-electron chi connectivity index (χ0n) is 16.0. The fourth-order valence-electron chi connectivity index (χ4n) is 2.64. The van der Waals surface area contributed by atoms with Crippen molar-refractivity contribution < 1.29 is 17.9 Å². The number of ether oxygens (including phenoxy) is 1. The van der Waals surface area contributed by atoms with Gasteiger partial charge in [0.25, 0.3) is 0 Å². The van der Waals surface area contributed by atoms with Crippen LogP contribution in [-0.4, -0.2) is 39.3 Å². The van der Waals surface area contributed by atoms with Gasteiger partial charge in [0.2, 0.25) is 15.9 Å². The Kier molecular flexibility index (Phi) is 6.85. The topological polar surface area (TPSA) is 75.7 Å². The lowest BCUT2D eigenvalue weighted by atomic mass is 10.2. The van der Waals surface area contributed by atoms with E-state index in [1.165, 1.54) is 0 Å². The molecule has 7 heteroatoms. The van der Waals surface area contributed by atoms with Crippen molar-refractivity contribution in [2.24, 2.45) is 0 Å². The van der Waals surface area contributed by atoms with Gasteiger partial charge in [0.15, 0.2) is 0 Å². The predicted molar refractivity (Wildman–Crippen MR) is 108 cm³/mol. The van der Waals surface area contributed by atoms with E-state index in [-0.39, 0.29) is 18.6 Å². The van der Waals surface area contributed by atoms with Crippen molar-refractivity contribution in [1.29, 1.82) is 0 Å². The number of nitrogens with one attached hydrogen (secondary N) is 1. The van der Waals surface area contributed by atoms with Crippen LogP contribution in [0.5, 0.6) is 5.75 Å². The largest absolute Gasteiger partial charge is 0.491 e. The maximum Gasteiger partial charge on any atom is 0.243 e. The van der Waals surface area contributed by atoms with Crippen LogP contribution in [0, 0.1) is 6.92 Å². The molecule has 0 unspecified atom stereocenters. The highest BCUT2D eigenvalue weighted by Crippen LogP contribution is 2.20. The molecule has 0 aliphatic rings. The molecule has 0 aliphatic heterocycles. The highest BCUT2D eigenvalue weighted by molar-refractivity contribution is 7.92. The Morgan fingerprint density at radius 2 is 1.67 bits per heavy atom. The summed E-state index contributed by atoms with van der Waals surface area (Å²) in [5.74, 6) is 0.334. The van der Waals surface area contributed by atoms with Crippen molar-refractivity contribution in [3.63, 3.8) is 0 Å². The van der Waals surface area contributed by atoms with Gasteiger partial charge >= 0.3 is 0 Å². The second kappa shape index (κ2) is 8.90. The van der Waals surface area contributed by atoms with Crippen LogP contribution in [0.3, 0.4) is 0 Å². The molecule has 2 aromatic rings. The van der Waals surface area contributed by atoms with Crippen LogP contribution in [0.1, 0.15) is 19.4 Å². The van der Waals surface area contributed by atoms with Crippen molar-refractivity contribution in [2.45, 2.75) is 32.9 Å². The number of para-hydroxylation sites is 1. The summed E-state index contributed by atoms with van der Waals surface area (Å²) in [6.07, 6.45) is 1.09. The van der Waals surface area contributed by atoms with E-state index in [0.717, 1.165) is 21.9 Å². The molecule has 6 nitrogen and oxygen atoms in total. The second-order valence-corrected chi connectivity index (χ2v) is 8.46. The number of hydrogen-bond donors (Lipinski definition) is 1. The zero-order valence-corrected chi connectivity index (χ0v) is 16.9. The quantitative estimate of drug-likeness (QED) is 0.752. The van der Waals surface area contributed by atoms with Gasteiger partial charge < -0.3 is 10.1 Å². The van der Waals surface area contributed by atoms with Crippen molar-refractivity contribution in [2.75, 3.05) is 17.2 Å². The first kappa shape index (κ1) is 20.8. The number of anilines is 1. The van der Waals surface area contributed by atoms with Gasteiger partial charge in [-0.1, -0.05) is 35.9 Å². The molecular weight excluding hydrogens is 364 g/mol. The smallest absolute Gasteiger partial charge is 0.243 e. The molecule has 0 heterocycles. The van der Waals surface area contributed by atoms with Crippen LogP contribution in [0.15, 0.2) is 54.6 Å². The lowest BCUT2D eigenvalue weighted by Gasteiger charge is -2.29. The maximum absolute atomic E-state index is 12.6. The molecule has 0 saturated carbocycles. The van der Waals surface area contributed by atoms with Crippen LogP contribution < -0.4 is 14.4 Å². The molecule has 27 heavy (non-hydrogen) atoms. The van der Waals surface area contributed by atoms with Crippen molar-refractivity contribution in [1.82, 2.24) is 5.32 Å². The van der Waals surface area contributed by atoms with Crippen molar-refractivity contribution in [3.05, 3.63) is 60.2 Å². The lowest BCUT2D eigenvalue weighted by molar-refractivity contribution is -0.122. The Labute approximate surface area is 161 Å². The lowest BCUT2D eigenvalue weighted by Crippen LogP contribution is -2.50. The number of amides is 1. The number of hydrogen-bond acceptors (Lipinski definition) is 4. The number of rotatable bonds is 8. The van der Waals surface area contributed by atoms with E-state index >= 15 is 0 Å². The van der Waals surface area contributed by atoms with Gasteiger partial charge in [-0.05, 0) is 45.0 Å². The summed E-state index contributed by atoms with van der Waals surface area (Å²) < 4.78 is 31.2. The molecule has 146 valence electrons. The van der Waals surface area contributed by atoms with E-state index in [2.05, 4.69) is 5.32 Å². The average Bonchev–Trinajstić information content (AvgIpc) is 2.61. The van der Waals surface area contributed by atoms with E-state index in [1.807, 2.05) is 38.1 Å². The van der Waals surface area contributed by atoms with Crippen molar-refractivity contribution in [3.8, 4) is 5.75 Å². The average molecular weight is 391 g/mol. The highest BCUT2D eigenvalue weighted by atomic mass is 32.2. The van der Waals surface area contributed by atoms with Gasteiger partial charge in [-0.3, -0.25) is 9.10 Å². The minimum absolute atomic E-state index is 0.279. The molecule has 0 radical (unpaired) electrons. The van der Waals surface area contributed by atoms with E-state index in [9.17, 15) is 13.2 Å². The van der Waals surface area contributed by atoms with Gasteiger partial charge in [-0.2, -0.15) is 0 Å². The first-order valence-electron chi connectivity index (χ1n) is 8.73. The maximum atomic E-state index is 12.6. The number of nitrogens with zero attached hydrogens (tertiary/aromatic N) is 1. The molecule has 1 N–H and O–H groups in total. The van der Waals surface area contributed by atoms with Crippen LogP contribution in [0.25, 0.3) is 0 Å². The number of sulfonamides is 1. The summed E-state index contributed by atoms with van der Waals surface area (Å²) in [7, 11) is -3.62. The Morgan fingerprint density at radius 3 is 2.22 bits per heavy atom. The number of carbonyl (C=O) groups is 1.